The number of ether oxygens (including phenoxy) is 2. The van der Waals surface area contributed by atoms with Crippen LogP contribution in [0.2, 0.25) is 0 Å². The van der Waals surface area contributed by atoms with E-state index in [1.807, 2.05) is 67.5 Å². The van der Waals surface area contributed by atoms with E-state index in [1.165, 1.54) is 25.3 Å². The molecule has 0 spiro atoms. The molecule has 0 fully saturated rings. The Hall–Kier alpha value is -4.22. The number of hydrogen-bond acceptors (Lipinski definition) is 4. The number of hydrogen-bond donors (Lipinski definition) is 0. The van der Waals surface area contributed by atoms with E-state index in [9.17, 15) is 9.18 Å². The molecule has 0 amide bonds. The molecule has 0 bridgehead atoms. The average Bonchev–Trinajstić information content (AvgIpc) is 2.92. The highest BCUT2D eigenvalue weighted by Crippen LogP contribution is 2.30. The van der Waals surface area contributed by atoms with Crippen molar-refractivity contribution in [3.63, 3.8) is 0 Å². The predicted octanol–water partition coefficient (Wildman–Crippen LogP) is 7.00. The Bertz CT molecular complexity index is 1380. The van der Waals surface area contributed by atoms with Gasteiger partial charge in [0.1, 0.15) is 23.9 Å². The van der Waals surface area contributed by atoms with Crippen LogP contribution in [0.25, 0.3) is 28.3 Å². The van der Waals surface area contributed by atoms with Crippen LogP contribution in [0.3, 0.4) is 0 Å². The fourth-order valence-electron chi connectivity index (χ4n) is 3.88. The Balaban J connectivity index is 1.63. The molecule has 0 heterocycles. The van der Waals surface area contributed by atoms with Crippen LogP contribution in [0.5, 0.6) is 11.5 Å². The summed E-state index contributed by atoms with van der Waals surface area (Å²) in [4.78, 5) is 15.3. The summed E-state index contributed by atoms with van der Waals surface area (Å²) in [6.45, 7) is 1.15. The van der Waals surface area contributed by atoms with E-state index in [0.29, 0.717) is 35.8 Å². The highest BCUT2D eigenvalue weighted by Gasteiger charge is 2.14. The summed E-state index contributed by atoms with van der Waals surface area (Å²) < 4.78 is 25.4. The third-order valence-electron chi connectivity index (χ3n) is 5.99. The van der Waals surface area contributed by atoms with Gasteiger partial charge in [-0.05, 0) is 72.8 Å². The van der Waals surface area contributed by atoms with Gasteiger partial charge < -0.3 is 14.4 Å². The number of ketones is 1. The van der Waals surface area contributed by atoms with E-state index in [2.05, 4.69) is 24.3 Å². The molecule has 0 aliphatic heterocycles. The van der Waals surface area contributed by atoms with Crippen molar-refractivity contribution >= 4 is 11.9 Å². The topological polar surface area (TPSA) is 38.8 Å². The number of rotatable bonds is 10. The van der Waals surface area contributed by atoms with Gasteiger partial charge in [0.2, 0.25) is 0 Å². The van der Waals surface area contributed by atoms with Crippen LogP contribution >= 0.6 is 0 Å². The average molecular weight is 496 g/mol. The number of methoxy groups -OCH3 is 1. The number of likely N-dealkylation sites (N-methyl/N-ethyl adjacent to an activating group) is 1. The Morgan fingerprint density at radius 1 is 0.838 bits per heavy atom. The van der Waals surface area contributed by atoms with Crippen LogP contribution in [0.1, 0.15) is 15.9 Å². The van der Waals surface area contributed by atoms with Gasteiger partial charge in [-0.1, -0.05) is 60.7 Å². The zero-order valence-corrected chi connectivity index (χ0v) is 21.3. The van der Waals surface area contributed by atoms with Crippen molar-refractivity contribution in [1.82, 2.24) is 4.90 Å². The summed E-state index contributed by atoms with van der Waals surface area (Å²) in [7, 11) is 5.40. The van der Waals surface area contributed by atoms with E-state index in [1.54, 1.807) is 12.1 Å². The number of allylic oxidation sites excluding steroid dienone is 1. The third kappa shape index (κ3) is 6.72. The molecule has 0 radical (unpaired) electrons. The van der Waals surface area contributed by atoms with Crippen molar-refractivity contribution in [3.05, 3.63) is 114 Å². The normalized spacial score (nSPS) is 11.2. The maximum Gasteiger partial charge on any atom is 0.189 e. The summed E-state index contributed by atoms with van der Waals surface area (Å²) in [6, 6.07) is 28.5. The number of carbonyl (C=O) groups is 1. The second kappa shape index (κ2) is 12.2. The molecular weight excluding hydrogens is 465 g/mol. The van der Waals surface area contributed by atoms with Crippen LogP contribution in [-0.2, 0) is 0 Å². The minimum Gasteiger partial charge on any atom is -0.497 e. The van der Waals surface area contributed by atoms with Crippen molar-refractivity contribution < 1.29 is 18.7 Å². The fraction of sp³-hybridized carbons (Fsp3) is 0.156. The maximum absolute atomic E-state index is 14.4. The van der Waals surface area contributed by atoms with Gasteiger partial charge >= 0.3 is 0 Å². The lowest BCUT2D eigenvalue weighted by atomic mass is 9.97. The molecule has 0 saturated heterocycles. The molecule has 4 aromatic carbocycles. The van der Waals surface area contributed by atoms with Crippen molar-refractivity contribution in [3.8, 4) is 33.8 Å². The van der Waals surface area contributed by atoms with Gasteiger partial charge in [-0.2, -0.15) is 0 Å². The van der Waals surface area contributed by atoms with Crippen LogP contribution in [-0.4, -0.2) is 45.0 Å². The summed E-state index contributed by atoms with van der Waals surface area (Å²) in [5.41, 5.74) is 4.87. The largest absolute Gasteiger partial charge is 0.497 e. The molecule has 37 heavy (non-hydrogen) atoms. The molecule has 0 aliphatic rings. The minimum atomic E-state index is -0.460. The van der Waals surface area contributed by atoms with Crippen molar-refractivity contribution in [2.75, 3.05) is 34.4 Å². The molecule has 0 aliphatic carbocycles. The van der Waals surface area contributed by atoms with Gasteiger partial charge in [0.15, 0.2) is 5.78 Å². The first-order valence-corrected chi connectivity index (χ1v) is 12.1. The van der Waals surface area contributed by atoms with Gasteiger partial charge in [0.25, 0.3) is 0 Å². The number of benzene rings is 4. The van der Waals surface area contributed by atoms with Crippen LogP contribution in [0.15, 0.2) is 97.1 Å². The molecule has 0 saturated carbocycles. The van der Waals surface area contributed by atoms with E-state index < -0.39 is 5.82 Å². The number of halogens is 1. The smallest absolute Gasteiger partial charge is 0.189 e. The zero-order chi connectivity index (χ0) is 26.2. The van der Waals surface area contributed by atoms with Gasteiger partial charge in [-0.15, -0.1) is 0 Å². The van der Waals surface area contributed by atoms with Crippen LogP contribution < -0.4 is 9.47 Å². The van der Waals surface area contributed by atoms with Crippen molar-refractivity contribution in [2.24, 2.45) is 0 Å². The molecule has 5 heteroatoms. The highest BCUT2D eigenvalue weighted by molar-refractivity contribution is 6.09. The minimum absolute atomic E-state index is 0.266. The van der Waals surface area contributed by atoms with E-state index in [4.69, 9.17) is 9.47 Å². The van der Waals surface area contributed by atoms with Crippen LogP contribution in [0, 0.1) is 5.82 Å². The van der Waals surface area contributed by atoms with Crippen molar-refractivity contribution in [2.45, 2.75) is 0 Å². The first-order chi connectivity index (χ1) is 17.9. The first kappa shape index (κ1) is 25.9. The first-order valence-electron chi connectivity index (χ1n) is 12.1. The standard InChI is InChI=1S/C32H30FNO3/c1-34(2)19-20-37-32-18-15-27(25-11-9-24(10-12-25)23-7-5-4-6-8-23)21-29(32)31(35)17-14-26-13-16-28(36-3)22-30(26)33/h4-18,21-22H,19-20H2,1-3H3. The molecule has 4 nitrogen and oxygen atoms in total. The summed E-state index contributed by atoms with van der Waals surface area (Å²) in [6.07, 6.45) is 2.85. The summed E-state index contributed by atoms with van der Waals surface area (Å²) in [5.74, 6) is 0.191. The second-order valence-electron chi connectivity index (χ2n) is 8.89. The van der Waals surface area contributed by atoms with E-state index in [0.717, 1.165) is 22.3 Å². The lowest BCUT2D eigenvalue weighted by Gasteiger charge is -2.14. The molecule has 0 unspecified atom stereocenters. The van der Waals surface area contributed by atoms with Gasteiger partial charge in [0.05, 0.1) is 12.7 Å². The lowest BCUT2D eigenvalue weighted by Crippen LogP contribution is -2.20. The molecule has 188 valence electrons. The quantitative estimate of drug-likeness (QED) is 0.175. The number of carbonyl (C=O) groups excluding carboxylic acids is 1. The van der Waals surface area contributed by atoms with Gasteiger partial charge in [-0.25, -0.2) is 4.39 Å². The Labute approximate surface area is 217 Å². The van der Waals surface area contributed by atoms with Crippen molar-refractivity contribution in [1.29, 1.82) is 0 Å². The highest BCUT2D eigenvalue weighted by atomic mass is 19.1. The second-order valence-corrected chi connectivity index (χ2v) is 8.89. The van der Waals surface area contributed by atoms with E-state index >= 15 is 0 Å². The monoisotopic (exact) mass is 495 g/mol. The zero-order valence-electron chi connectivity index (χ0n) is 21.3. The Kier molecular flexibility index (Phi) is 8.49. The fourth-order valence-corrected chi connectivity index (χ4v) is 3.88. The van der Waals surface area contributed by atoms with Gasteiger partial charge in [-0.3, -0.25) is 4.79 Å². The van der Waals surface area contributed by atoms with E-state index in [-0.39, 0.29) is 5.78 Å². The number of nitrogens with zero attached hydrogens (tertiary/aromatic N) is 1. The lowest BCUT2D eigenvalue weighted by molar-refractivity contribution is 0.104. The molecule has 0 N–H and O–H groups in total. The Morgan fingerprint density at radius 3 is 2.14 bits per heavy atom. The van der Waals surface area contributed by atoms with Crippen LogP contribution in [0.4, 0.5) is 4.39 Å². The molecular formula is C32H30FNO3. The maximum atomic E-state index is 14.4. The molecule has 0 atom stereocenters. The Morgan fingerprint density at radius 2 is 1.49 bits per heavy atom. The molecule has 0 aromatic heterocycles. The summed E-state index contributed by atoms with van der Waals surface area (Å²) >= 11 is 0. The third-order valence-corrected chi connectivity index (χ3v) is 5.99. The summed E-state index contributed by atoms with van der Waals surface area (Å²) in [5, 5.41) is 0. The molecule has 4 rings (SSSR count). The molecule has 4 aromatic rings. The predicted molar refractivity (Wildman–Crippen MR) is 148 cm³/mol. The van der Waals surface area contributed by atoms with Gasteiger partial charge in [0, 0.05) is 18.2 Å². The SMILES string of the molecule is COc1ccc(C=CC(=O)c2cc(-c3ccc(-c4ccccc4)cc3)ccc2OCCN(C)C)c(F)c1.